The maximum absolute atomic E-state index is 6.21. The molecule has 0 saturated heterocycles. The minimum atomic E-state index is 0.279. The molecule has 0 unspecified atom stereocenters. The van der Waals surface area contributed by atoms with Gasteiger partial charge in [0, 0.05) is 23.0 Å². The van der Waals surface area contributed by atoms with Crippen molar-refractivity contribution in [2.75, 3.05) is 6.54 Å². The quantitative estimate of drug-likeness (QED) is 0.762. The Morgan fingerprint density at radius 3 is 2.35 bits per heavy atom. The Kier molecular flexibility index (Phi) is 4.81. The van der Waals surface area contributed by atoms with Crippen LogP contribution in [0, 0.1) is 5.41 Å². The highest BCUT2D eigenvalue weighted by molar-refractivity contribution is 6.30. The standard InChI is InChI=1S/C18H28ClN/c1-5-17(6-2)11-18(12-17,13-20-14(3)4)15-8-7-9-16(19)10-15/h7-10,14,20H,5-6,11-13H2,1-4H3. The van der Waals surface area contributed by atoms with E-state index in [2.05, 4.69) is 51.2 Å². The molecule has 0 aliphatic heterocycles. The van der Waals surface area contributed by atoms with E-state index in [1.807, 2.05) is 6.07 Å². The van der Waals surface area contributed by atoms with Gasteiger partial charge in [0.25, 0.3) is 0 Å². The van der Waals surface area contributed by atoms with Crippen molar-refractivity contribution < 1.29 is 0 Å². The predicted octanol–water partition coefficient (Wildman–Crippen LogP) is 5.18. The number of hydrogen-bond donors (Lipinski definition) is 1. The highest BCUT2D eigenvalue weighted by atomic mass is 35.5. The molecule has 1 aliphatic rings. The Morgan fingerprint density at radius 1 is 1.20 bits per heavy atom. The number of hydrogen-bond acceptors (Lipinski definition) is 1. The van der Waals surface area contributed by atoms with Crippen molar-refractivity contribution in [2.45, 2.75) is 64.8 Å². The van der Waals surface area contributed by atoms with Crippen LogP contribution in [0.1, 0.15) is 58.9 Å². The maximum Gasteiger partial charge on any atom is 0.0408 e. The average molecular weight is 294 g/mol. The van der Waals surface area contributed by atoms with Gasteiger partial charge in [0.2, 0.25) is 0 Å². The van der Waals surface area contributed by atoms with Gasteiger partial charge in [-0.25, -0.2) is 0 Å². The molecule has 1 N–H and O–H groups in total. The lowest BCUT2D eigenvalue weighted by molar-refractivity contribution is 0.0118. The van der Waals surface area contributed by atoms with Crippen molar-refractivity contribution in [2.24, 2.45) is 5.41 Å². The van der Waals surface area contributed by atoms with Gasteiger partial charge in [-0.1, -0.05) is 64.3 Å². The summed E-state index contributed by atoms with van der Waals surface area (Å²) in [5.41, 5.74) is 2.23. The van der Waals surface area contributed by atoms with Crippen molar-refractivity contribution >= 4 is 11.6 Å². The van der Waals surface area contributed by atoms with E-state index in [-0.39, 0.29) is 5.41 Å². The second kappa shape index (κ2) is 6.07. The molecular weight excluding hydrogens is 266 g/mol. The Labute approximate surface area is 129 Å². The van der Waals surface area contributed by atoms with E-state index in [9.17, 15) is 0 Å². The Morgan fingerprint density at radius 2 is 1.85 bits per heavy atom. The second-order valence-electron chi connectivity index (χ2n) is 6.89. The number of rotatable bonds is 6. The molecule has 1 saturated carbocycles. The molecule has 2 rings (SSSR count). The lowest BCUT2D eigenvalue weighted by Gasteiger charge is -2.57. The van der Waals surface area contributed by atoms with Gasteiger partial charge >= 0.3 is 0 Å². The van der Waals surface area contributed by atoms with Gasteiger partial charge in [-0.05, 0) is 36.0 Å². The summed E-state index contributed by atoms with van der Waals surface area (Å²) in [6, 6.07) is 9.01. The predicted molar refractivity (Wildman–Crippen MR) is 88.5 cm³/mol. The molecule has 0 amide bonds. The van der Waals surface area contributed by atoms with Crippen LogP contribution in [0.2, 0.25) is 5.02 Å². The summed E-state index contributed by atoms with van der Waals surface area (Å²) in [7, 11) is 0. The van der Waals surface area contributed by atoms with E-state index in [4.69, 9.17) is 11.6 Å². The second-order valence-corrected chi connectivity index (χ2v) is 7.32. The first-order valence-corrected chi connectivity index (χ1v) is 8.32. The molecule has 0 atom stereocenters. The summed E-state index contributed by atoms with van der Waals surface area (Å²) in [6.07, 6.45) is 5.14. The first kappa shape index (κ1) is 15.9. The van der Waals surface area contributed by atoms with Crippen molar-refractivity contribution in [3.8, 4) is 0 Å². The number of halogens is 1. The van der Waals surface area contributed by atoms with Gasteiger partial charge in [0.1, 0.15) is 0 Å². The van der Waals surface area contributed by atoms with E-state index in [1.165, 1.54) is 31.2 Å². The van der Waals surface area contributed by atoms with Gasteiger partial charge in [-0.2, -0.15) is 0 Å². The molecule has 20 heavy (non-hydrogen) atoms. The largest absolute Gasteiger partial charge is 0.314 e. The zero-order chi connectivity index (χ0) is 14.8. The van der Waals surface area contributed by atoms with Gasteiger partial charge in [0.05, 0.1) is 0 Å². The first-order valence-electron chi connectivity index (χ1n) is 7.95. The van der Waals surface area contributed by atoms with Crippen LogP contribution in [0.4, 0.5) is 0 Å². The molecule has 0 heterocycles. The lowest BCUT2D eigenvalue weighted by Crippen LogP contribution is -2.55. The molecule has 0 bridgehead atoms. The zero-order valence-electron chi connectivity index (χ0n) is 13.3. The Hall–Kier alpha value is -0.530. The smallest absolute Gasteiger partial charge is 0.0408 e. The molecule has 1 aromatic carbocycles. The lowest BCUT2D eigenvalue weighted by atomic mass is 9.48. The molecule has 1 fully saturated rings. The molecule has 0 aromatic heterocycles. The molecule has 1 nitrogen and oxygen atoms in total. The summed E-state index contributed by atoms with van der Waals surface area (Å²) in [4.78, 5) is 0. The minimum Gasteiger partial charge on any atom is -0.314 e. The van der Waals surface area contributed by atoms with Crippen LogP contribution in [-0.2, 0) is 5.41 Å². The maximum atomic E-state index is 6.21. The Bertz CT molecular complexity index is 440. The normalized spacial score (nSPS) is 19.9. The van der Waals surface area contributed by atoms with Crippen LogP contribution in [0.15, 0.2) is 24.3 Å². The average Bonchev–Trinajstić information content (AvgIpc) is 2.38. The van der Waals surface area contributed by atoms with Crippen molar-refractivity contribution in [1.82, 2.24) is 5.32 Å². The van der Waals surface area contributed by atoms with E-state index in [0.29, 0.717) is 11.5 Å². The fraction of sp³-hybridized carbons (Fsp3) is 0.667. The number of benzene rings is 1. The van der Waals surface area contributed by atoms with Crippen molar-refractivity contribution in [3.05, 3.63) is 34.9 Å². The Balaban J connectivity index is 2.23. The number of nitrogens with one attached hydrogen (secondary N) is 1. The van der Waals surface area contributed by atoms with Crippen LogP contribution in [0.5, 0.6) is 0 Å². The summed E-state index contributed by atoms with van der Waals surface area (Å²) in [6.45, 7) is 10.2. The monoisotopic (exact) mass is 293 g/mol. The van der Waals surface area contributed by atoms with Crippen LogP contribution < -0.4 is 5.32 Å². The first-order chi connectivity index (χ1) is 9.45. The van der Waals surface area contributed by atoms with E-state index < -0.39 is 0 Å². The van der Waals surface area contributed by atoms with Crippen LogP contribution in [-0.4, -0.2) is 12.6 Å². The fourth-order valence-electron chi connectivity index (χ4n) is 3.78. The molecule has 1 aliphatic carbocycles. The van der Waals surface area contributed by atoms with Crippen molar-refractivity contribution in [1.29, 1.82) is 0 Å². The SMILES string of the molecule is CCC1(CC)CC(CNC(C)C)(c2cccc(Cl)c2)C1. The van der Waals surface area contributed by atoms with Crippen LogP contribution in [0.25, 0.3) is 0 Å². The summed E-state index contributed by atoms with van der Waals surface area (Å²) < 4.78 is 0. The molecular formula is C18H28ClN. The molecule has 0 spiro atoms. The third-order valence-corrected chi connectivity index (χ3v) is 5.45. The third kappa shape index (κ3) is 3.04. The van der Waals surface area contributed by atoms with E-state index in [0.717, 1.165) is 11.6 Å². The van der Waals surface area contributed by atoms with Crippen LogP contribution in [0.3, 0.4) is 0 Å². The summed E-state index contributed by atoms with van der Waals surface area (Å²) in [5, 5.41) is 4.51. The highest BCUT2D eigenvalue weighted by Crippen LogP contribution is 2.59. The molecule has 2 heteroatoms. The summed E-state index contributed by atoms with van der Waals surface area (Å²) in [5.74, 6) is 0. The van der Waals surface area contributed by atoms with Crippen LogP contribution >= 0.6 is 11.6 Å². The molecule has 0 radical (unpaired) electrons. The third-order valence-electron chi connectivity index (χ3n) is 5.21. The van der Waals surface area contributed by atoms with E-state index >= 15 is 0 Å². The fourth-order valence-corrected chi connectivity index (χ4v) is 3.97. The zero-order valence-corrected chi connectivity index (χ0v) is 14.1. The summed E-state index contributed by atoms with van der Waals surface area (Å²) >= 11 is 6.21. The van der Waals surface area contributed by atoms with Gasteiger partial charge < -0.3 is 5.32 Å². The minimum absolute atomic E-state index is 0.279. The topological polar surface area (TPSA) is 12.0 Å². The van der Waals surface area contributed by atoms with Gasteiger partial charge in [0.15, 0.2) is 0 Å². The van der Waals surface area contributed by atoms with Crippen molar-refractivity contribution in [3.63, 3.8) is 0 Å². The molecule has 112 valence electrons. The van der Waals surface area contributed by atoms with E-state index in [1.54, 1.807) is 0 Å². The highest BCUT2D eigenvalue weighted by Gasteiger charge is 2.52. The molecule has 1 aromatic rings. The van der Waals surface area contributed by atoms with Gasteiger partial charge in [-0.3, -0.25) is 0 Å². The van der Waals surface area contributed by atoms with Gasteiger partial charge in [-0.15, -0.1) is 0 Å².